The third kappa shape index (κ3) is 4.62. The van der Waals surface area contributed by atoms with Gasteiger partial charge in [0.1, 0.15) is 0 Å². The largest absolute Gasteiger partial charge is 0.393 e. The van der Waals surface area contributed by atoms with Crippen molar-refractivity contribution in [2.24, 2.45) is 11.7 Å². The van der Waals surface area contributed by atoms with Crippen molar-refractivity contribution in [2.75, 3.05) is 13.1 Å². The monoisotopic (exact) mass is 214 g/mol. The molecule has 0 bridgehead atoms. The summed E-state index contributed by atoms with van der Waals surface area (Å²) in [5.41, 5.74) is 5.32. The van der Waals surface area contributed by atoms with Gasteiger partial charge in [-0.25, -0.2) is 0 Å². The normalized spacial score (nSPS) is 26.3. The van der Waals surface area contributed by atoms with Gasteiger partial charge in [-0.15, -0.1) is 0 Å². The molecule has 0 spiro atoms. The highest BCUT2D eigenvalue weighted by molar-refractivity contribution is 5.75. The van der Waals surface area contributed by atoms with Crippen LogP contribution in [0.3, 0.4) is 0 Å². The van der Waals surface area contributed by atoms with Crippen LogP contribution in [-0.4, -0.2) is 30.2 Å². The average molecular weight is 214 g/mol. The van der Waals surface area contributed by atoms with Gasteiger partial charge in [-0.1, -0.05) is 12.8 Å². The molecule has 0 aromatic heterocycles. The summed E-state index contributed by atoms with van der Waals surface area (Å²) in [6, 6.07) is 0. The summed E-state index contributed by atoms with van der Waals surface area (Å²) in [5, 5.41) is 12.5. The molecule has 0 heterocycles. The van der Waals surface area contributed by atoms with Crippen LogP contribution in [0.2, 0.25) is 0 Å². The fraction of sp³-hybridized carbons (Fsp3) is 0.909. The maximum absolute atomic E-state index is 11.3. The van der Waals surface area contributed by atoms with Crippen molar-refractivity contribution in [3.63, 3.8) is 0 Å². The minimum Gasteiger partial charge on any atom is -0.393 e. The molecule has 1 aliphatic carbocycles. The van der Waals surface area contributed by atoms with E-state index in [1.165, 1.54) is 6.42 Å². The number of carbonyl (C=O) groups excluding carboxylic acids is 1. The Kier molecular flexibility index (Phi) is 5.65. The van der Waals surface area contributed by atoms with Gasteiger partial charge in [0.15, 0.2) is 0 Å². The van der Waals surface area contributed by atoms with E-state index in [9.17, 15) is 9.90 Å². The third-order valence-corrected chi connectivity index (χ3v) is 3.04. The second-order valence-electron chi connectivity index (χ2n) is 4.31. The zero-order chi connectivity index (χ0) is 11.1. The second-order valence-corrected chi connectivity index (χ2v) is 4.31. The lowest BCUT2D eigenvalue weighted by Crippen LogP contribution is -2.36. The van der Waals surface area contributed by atoms with E-state index in [0.717, 1.165) is 25.7 Å². The van der Waals surface area contributed by atoms with Gasteiger partial charge in [-0.2, -0.15) is 0 Å². The number of amides is 1. The van der Waals surface area contributed by atoms with Crippen molar-refractivity contribution >= 4 is 5.91 Å². The van der Waals surface area contributed by atoms with Crippen molar-refractivity contribution < 1.29 is 9.90 Å². The molecule has 4 N–H and O–H groups in total. The molecule has 1 saturated carbocycles. The highest BCUT2D eigenvalue weighted by Crippen LogP contribution is 2.23. The smallest absolute Gasteiger partial charge is 0.220 e. The first-order valence-electron chi connectivity index (χ1n) is 5.89. The first kappa shape index (κ1) is 12.5. The molecule has 1 amide bonds. The Morgan fingerprint density at radius 2 is 2.13 bits per heavy atom. The summed E-state index contributed by atoms with van der Waals surface area (Å²) in [4.78, 5) is 11.3. The Morgan fingerprint density at radius 1 is 1.40 bits per heavy atom. The zero-order valence-electron chi connectivity index (χ0n) is 9.24. The van der Waals surface area contributed by atoms with E-state index in [1.54, 1.807) is 0 Å². The standard InChI is InChI=1S/C11H22N2O2/c12-7-3-6-11(15)13-8-9-4-1-2-5-10(9)14/h9-10,14H,1-8,12H2,(H,13,15). The number of aliphatic hydroxyl groups excluding tert-OH is 1. The van der Waals surface area contributed by atoms with E-state index in [4.69, 9.17) is 5.73 Å². The number of carbonyl (C=O) groups is 1. The minimum atomic E-state index is -0.228. The molecule has 1 aliphatic rings. The number of hydrogen-bond acceptors (Lipinski definition) is 3. The molecule has 15 heavy (non-hydrogen) atoms. The summed E-state index contributed by atoms with van der Waals surface area (Å²) >= 11 is 0. The van der Waals surface area contributed by atoms with Crippen LogP contribution in [0.25, 0.3) is 0 Å². The third-order valence-electron chi connectivity index (χ3n) is 3.04. The van der Waals surface area contributed by atoms with Crippen molar-refractivity contribution in [3.8, 4) is 0 Å². The summed E-state index contributed by atoms with van der Waals surface area (Å²) in [6.45, 7) is 1.17. The summed E-state index contributed by atoms with van der Waals surface area (Å²) in [6.07, 6.45) is 5.19. The quantitative estimate of drug-likeness (QED) is 0.620. The van der Waals surface area contributed by atoms with Gasteiger partial charge in [0.2, 0.25) is 5.91 Å². The van der Waals surface area contributed by atoms with Crippen LogP contribution in [0.1, 0.15) is 38.5 Å². The van der Waals surface area contributed by atoms with Crippen molar-refractivity contribution in [1.82, 2.24) is 5.32 Å². The van der Waals surface area contributed by atoms with E-state index in [0.29, 0.717) is 19.5 Å². The van der Waals surface area contributed by atoms with Crippen LogP contribution in [0.15, 0.2) is 0 Å². The Balaban J connectivity index is 2.14. The van der Waals surface area contributed by atoms with Gasteiger partial charge in [-0.3, -0.25) is 4.79 Å². The van der Waals surface area contributed by atoms with Gasteiger partial charge in [0.25, 0.3) is 0 Å². The Morgan fingerprint density at radius 3 is 2.80 bits per heavy atom. The second kappa shape index (κ2) is 6.80. The lowest BCUT2D eigenvalue weighted by Gasteiger charge is -2.27. The summed E-state index contributed by atoms with van der Waals surface area (Å²) < 4.78 is 0. The molecule has 0 radical (unpaired) electrons. The van der Waals surface area contributed by atoms with Crippen molar-refractivity contribution in [1.29, 1.82) is 0 Å². The predicted octanol–water partition coefficient (Wildman–Crippen LogP) is 0.393. The summed E-state index contributed by atoms with van der Waals surface area (Å²) in [7, 11) is 0. The number of nitrogens with one attached hydrogen (secondary N) is 1. The van der Waals surface area contributed by atoms with Crippen LogP contribution in [-0.2, 0) is 4.79 Å². The fourth-order valence-electron chi connectivity index (χ4n) is 2.02. The Labute approximate surface area is 91.2 Å². The SMILES string of the molecule is NCCCC(=O)NCC1CCCCC1O. The molecule has 1 fully saturated rings. The van der Waals surface area contributed by atoms with E-state index < -0.39 is 0 Å². The van der Waals surface area contributed by atoms with Gasteiger partial charge in [-0.05, 0) is 25.8 Å². The summed E-state index contributed by atoms with van der Waals surface area (Å²) in [5.74, 6) is 0.304. The fourth-order valence-corrected chi connectivity index (χ4v) is 2.02. The lowest BCUT2D eigenvalue weighted by atomic mass is 9.86. The van der Waals surface area contributed by atoms with Crippen LogP contribution in [0.5, 0.6) is 0 Å². The Hall–Kier alpha value is -0.610. The molecular weight excluding hydrogens is 192 g/mol. The van der Waals surface area contributed by atoms with E-state index in [1.807, 2.05) is 0 Å². The highest BCUT2D eigenvalue weighted by atomic mass is 16.3. The minimum absolute atomic E-state index is 0.0539. The topological polar surface area (TPSA) is 75.4 Å². The van der Waals surface area contributed by atoms with Gasteiger partial charge < -0.3 is 16.2 Å². The molecule has 0 aromatic carbocycles. The molecular formula is C11H22N2O2. The molecule has 0 aliphatic heterocycles. The number of aliphatic hydroxyl groups is 1. The highest BCUT2D eigenvalue weighted by Gasteiger charge is 2.22. The van der Waals surface area contributed by atoms with E-state index in [-0.39, 0.29) is 17.9 Å². The number of rotatable bonds is 5. The lowest BCUT2D eigenvalue weighted by molar-refractivity contribution is -0.121. The molecule has 4 heteroatoms. The number of nitrogens with two attached hydrogens (primary N) is 1. The predicted molar refractivity (Wildman–Crippen MR) is 59.3 cm³/mol. The zero-order valence-corrected chi connectivity index (χ0v) is 9.24. The van der Waals surface area contributed by atoms with Gasteiger partial charge in [0.05, 0.1) is 6.10 Å². The van der Waals surface area contributed by atoms with E-state index >= 15 is 0 Å². The molecule has 4 nitrogen and oxygen atoms in total. The maximum Gasteiger partial charge on any atom is 0.220 e. The van der Waals surface area contributed by atoms with Crippen LogP contribution >= 0.6 is 0 Å². The van der Waals surface area contributed by atoms with Gasteiger partial charge in [0, 0.05) is 18.9 Å². The van der Waals surface area contributed by atoms with E-state index in [2.05, 4.69) is 5.32 Å². The van der Waals surface area contributed by atoms with Crippen molar-refractivity contribution in [3.05, 3.63) is 0 Å². The molecule has 2 unspecified atom stereocenters. The first-order chi connectivity index (χ1) is 7.24. The molecule has 2 atom stereocenters. The molecule has 0 saturated heterocycles. The van der Waals surface area contributed by atoms with Crippen LogP contribution < -0.4 is 11.1 Å². The Bertz CT molecular complexity index is 197. The van der Waals surface area contributed by atoms with Crippen LogP contribution in [0.4, 0.5) is 0 Å². The average Bonchev–Trinajstić information content (AvgIpc) is 2.25. The molecule has 0 aromatic rings. The maximum atomic E-state index is 11.3. The molecule has 88 valence electrons. The van der Waals surface area contributed by atoms with Crippen molar-refractivity contribution in [2.45, 2.75) is 44.6 Å². The number of hydrogen-bond donors (Lipinski definition) is 3. The first-order valence-corrected chi connectivity index (χ1v) is 5.89. The van der Waals surface area contributed by atoms with Gasteiger partial charge >= 0.3 is 0 Å². The molecule has 1 rings (SSSR count). The van der Waals surface area contributed by atoms with Crippen LogP contribution in [0, 0.1) is 5.92 Å².